The number of ether oxygens (including phenoxy) is 2. The van der Waals surface area contributed by atoms with Crippen LogP contribution in [0.3, 0.4) is 0 Å². The molecule has 0 bridgehead atoms. The van der Waals surface area contributed by atoms with Gasteiger partial charge in [0.25, 0.3) is 0 Å². The Kier molecular flexibility index (Phi) is 73.3. The Morgan fingerprint density at radius 3 is 0.921 bits per heavy atom. The van der Waals surface area contributed by atoms with Crippen LogP contribution in [0.1, 0.15) is 412 Å². The lowest BCUT2D eigenvalue weighted by Crippen LogP contribution is -2.29. The van der Waals surface area contributed by atoms with Gasteiger partial charge >= 0.3 is 19.8 Å². The molecule has 524 valence electrons. The summed E-state index contributed by atoms with van der Waals surface area (Å²) in [4.78, 5) is 35.4. The highest BCUT2D eigenvalue weighted by atomic mass is 31.2. The van der Waals surface area contributed by atoms with Crippen molar-refractivity contribution in [1.29, 1.82) is 0 Å². The lowest BCUT2D eigenvalue weighted by molar-refractivity contribution is -0.161. The van der Waals surface area contributed by atoms with Crippen LogP contribution in [0.25, 0.3) is 0 Å². The van der Waals surface area contributed by atoms with Crippen molar-refractivity contribution in [2.45, 2.75) is 418 Å². The molecule has 0 rings (SSSR count). The average molecular weight is 1270 g/mol. The van der Waals surface area contributed by atoms with Crippen molar-refractivity contribution < 1.29 is 37.6 Å². The minimum Gasteiger partial charge on any atom is -0.462 e. The number of carbonyl (C=O) groups is 2. The summed E-state index contributed by atoms with van der Waals surface area (Å²) >= 11 is 0. The van der Waals surface area contributed by atoms with Gasteiger partial charge in [0.1, 0.15) is 6.61 Å². The second kappa shape index (κ2) is 75.0. The molecule has 0 spiro atoms. The van der Waals surface area contributed by atoms with Crippen LogP contribution < -0.4 is 5.73 Å². The van der Waals surface area contributed by atoms with Gasteiger partial charge in [-0.15, -0.1) is 0 Å². The summed E-state index contributed by atoms with van der Waals surface area (Å²) in [5, 5.41) is 0. The third kappa shape index (κ3) is 74.9. The first-order valence-electron chi connectivity index (χ1n) is 39.1. The van der Waals surface area contributed by atoms with Gasteiger partial charge in [0.15, 0.2) is 6.10 Å². The second-order valence-electron chi connectivity index (χ2n) is 26.6. The minimum absolute atomic E-state index is 0.0560. The van der Waals surface area contributed by atoms with Gasteiger partial charge in [0.05, 0.1) is 13.2 Å². The lowest BCUT2D eigenvalue weighted by Gasteiger charge is -2.19. The molecule has 0 aromatic heterocycles. The Hall–Kier alpha value is -2.03. The fourth-order valence-corrected chi connectivity index (χ4v) is 12.8. The van der Waals surface area contributed by atoms with E-state index in [1.807, 2.05) is 0 Å². The van der Waals surface area contributed by atoms with Crippen molar-refractivity contribution in [3.8, 4) is 0 Å². The number of carbonyl (C=O) groups excluding carboxylic acids is 2. The number of rotatable bonds is 75. The molecule has 89 heavy (non-hydrogen) atoms. The van der Waals surface area contributed by atoms with E-state index in [-0.39, 0.29) is 38.6 Å². The van der Waals surface area contributed by atoms with Crippen molar-refractivity contribution in [3.05, 3.63) is 48.6 Å². The Balaban J connectivity index is 3.76. The lowest BCUT2D eigenvalue weighted by atomic mass is 10.0. The Bertz CT molecular complexity index is 1600. The van der Waals surface area contributed by atoms with Gasteiger partial charge in [-0.25, -0.2) is 4.57 Å². The van der Waals surface area contributed by atoms with Crippen LogP contribution in [0.4, 0.5) is 0 Å². The van der Waals surface area contributed by atoms with E-state index in [1.165, 1.54) is 321 Å². The molecule has 0 aliphatic carbocycles. The first-order valence-corrected chi connectivity index (χ1v) is 40.6. The van der Waals surface area contributed by atoms with Gasteiger partial charge < -0.3 is 20.1 Å². The van der Waals surface area contributed by atoms with E-state index in [9.17, 15) is 19.0 Å². The largest absolute Gasteiger partial charge is 0.472 e. The van der Waals surface area contributed by atoms with Crippen LogP contribution in [-0.2, 0) is 32.7 Å². The molecule has 0 radical (unpaired) electrons. The third-order valence-electron chi connectivity index (χ3n) is 17.7. The highest BCUT2D eigenvalue weighted by molar-refractivity contribution is 7.47. The zero-order valence-corrected chi connectivity index (χ0v) is 60.1. The summed E-state index contributed by atoms with van der Waals surface area (Å²) in [6.07, 6.45) is 96.8. The van der Waals surface area contributed by atoms with Crippen molar-refractivity contribution >= 4 is 19.8 Å². The summed E-state index contributed by atoms with van der Waals surface area (Å²) in [5.74, 6) is -0.802. The van der Waals surface area contributed by atoms with E-state index in [0.29, 0.717) is 6.42 Å². The van der Waals surface area contributed by atoms with Gasteiger partial charge in [-0.2, -0.15) is 0 Å². The molecule has 9 nitrogen and oxygen atoms in total. The summed E-state index contributed by atoms with van der Waals surface area (Å²) in [6, 6.07) is 0. The molecule has 0 saturated heterocycles. The third-order valence-corrected chi connectivity index (χ3v) is 18.7. The van der Waals surface area contributed by atoms with E-state index in [0.717, 1.165) is 57.8 Å². The van der Waals surface area contributed by atoms with Crippen LogP contribution in [0, 0.1) is 0 Å². The number of unbranched alkanes of at least 4 members (excludes halogenated alkanes) is 54. The molecule has 3 N–H and O–H groups in total. The maximum absolute atomic E-state index is 12.8. The summed E-state index contributed by atoms with van der Waals surface area (Å²) < 4.78 is 33.3. The molecular weight excluding hydrogens is 1120 g/mol. The zero-order chi connectivity index (χ0) is 64.4. The first-order chi connectivity index (χ1) is 43.8. The first kappa shape index (κ1) is 87.0. The predicted octanol–water partition coefficient (Wildman–Crippen LogP) is 26.0. The van der Waals surface area contributed by atoms with E-state index in [4.69, 9.17) is 24.3 Å². The van der Waals surface area contributed by atoms with Crippen LogP contribution in [0.2, 0.25) is 0 Å². The Morgan fingerprint density at radius 2 is 0.618 bits per heavy atom. The van der Waals surface area contributed by atoms with Crippen molar-refractivity contribution in [2.75, 3.05) is 26.4 Å². The summed E-state index contributed by atoms with van der Waals surface area (Å²) in [6.45, 7) is 3.72. The van der Waals surface area contributed by atoms with Crippen LogP contribution in [-0.4, -0.2) is 49.3 Å². The Morgan fingerprint density at radius 1 is 0.348 bits per heavy atom. The van der Waals surface area contributed by atoms with Crippen molar-refractivity contribution in [2.24, 2.45) is 5.73 Å². The Labute approximate surface area is 553 Å². The van der Waals surface area contributed by atoms with Gasteiger partial charge in [0, 0.05) is 19.4 Å². The molecule has 0 aliphatic heterocycles. The predicted molar refractivity (Wildman–Crippen MR) is 386 cm³/mol. The minimum atomic E-state index is -4.39. The highest BCUT2D eigenvalue weighted by Gasteiger charge is 2.26. The molecular formula is C79H150NO8P. The molecule has 2 atom stereocenters. The maximum Gasteiger partial charge on any atom is 0.472 e. The zero-order valence-electron chi connectivity index (χ0n) is 59.2. The fourth-order valence-electron chi connectivity index (χ4n) is 12.0. The fraction of sp³-hybridized carbons (Fsp3) is 0.873. The molecule has 0 aromatic carbocycles. The number of hydrogen-bond donors (Lipinski definition) is 2. The van der Waals surface area contributed by atoms with E-state index in [1.54, 1.807) is 0 Å². The SMILES string of the molecule is CC/C=C\C/C=C\C/C=C\C/C=C\CCCCCCCCCCCCCCCCCCCCCCC(=O)OC(COC(=O)CCCCCCCCCCCCCCCCCCCCCCCCCCCCCCCCCCCCC)COP(=O)(O)OCCN. The van der Waals surface area contributed by atoms with Crippen molar-refractivity contribution in [1.82, 2.24) is 0 Å². The number of phosphoric ester groups is 1. The van der Waals surface area contributed by atoms with E-state index >= 15 is 0 Å². The van der Waals surface area contributed by atoms with E-state index < -0.39 is 26.5 Å². The smallest absolute Gasteiger partial charge is 0.462 e. The molecule has 0 heterocycles. The average Bonchev–Trinajstić information content (AvgIpc) is 3.58. The molecule has 10 heteroatoms. The molecule has 0 aromatic rings. The van der Waals surface area contributed by atoms with Gasteiger partial charge in [-0.05, 0) is 51.4 Å². The van der Waals surface area contributed by atoms with Gasteiger partial charge in [0.2, 0.25) is 0 Å². The number of nitrogens with two attached hydrogens (primary N) is 1. The summed E-state index contributed by atoms with van der Waals surface area (Å²) in [7, 11) is -4.39. The monoisotopic (exact) mass is 1270 g/mol. The molecule has 0 aliphatic rings. The molecule has 0 saturated carbocycles. The quantitative estimate of drug-likeness (QED) is 0.0264. The number of esters is 2. The van der Waals surface area contributed by atoms with Crippen molar-refractivity contribution in [3.63, 3.8) is 0 Å². The van der Waals surface area contributed by atoms with Gasteiger partial charge in [-0.1, -0.05) is 396 Å². The maximum atomic E-state index is 12.8. The van der Waals surface area contributed by atoms with Crippen LogP contribution in [0.5, 0.6) is 0 Å². The number of phosphoric acid groups is 1. The topological polar surface area (TPSA) is 134 Å². The summed E-state index contributed by atoms with van der Waals surface area (Å²) in [5.41, 5.74) is 5.41. The highest BCUT2D eigenvalue weighted by Crippen LogP contribution is 2.43. The number of allylic oxidation sites excluding steroid dienone is 8. The molecule has 0 amide bonds. The van der Waals surface area contributed by atoms with Crippen LogP contribution >= 0.6 is 7.82 Å². The second-order valence-corrected chi connectivity index (χ2v) is 28.0. The number of hydrogen-bond acceptors (Lipinski definition) is 8. The van der Waals surface area contributed by atoms with Crippen LogP contribution in [0.15, 0.2) is 48.6 Å². The van der Waals surface area contributed by atoms with E-state index in [2.05, 4.69) is 62.5 Å². The standard InChI is InChI=1S/C79H150NO8P/c1-3-5-7-9-11-13-15-17-19-21-23-25-27-29-31-33-35-37-38-40-41-43-45-47-49-51-53-55-57-59-61-63-65-67-69-71-78(81)85-75-77(76-87-89(83,84)86-74-73-80)88-79(82)72-70-68-66-64-62-60-58-56-54-52-50-48-46-44-42-39-36-34-32-30-28-26-24-22-20-18-16-14-12-10-8-6-4-2/h6,8,12,14,18,20,24,26,77H,3-5,7,9-11,13,15-17,19,21-23,25,27-76,80H2,1-2H3,(H,83,84)/b8-6-,14-12-,20-18-,26-24-. The molecule has 0 fully saturated rings. The normalized spacial score (nSPS) is 13.1. The van der Waals surface area contributed by atoms with Gasteiger partial charge in [-0.3, -0.25) is 18.6 Å². The molecule has 2 unspecified atom stereocenters.